The lowest BCUT2D eigenvalue weighted by Gasteiger charge is -2.40. The van der Waals surface area contributed by atoms with Crippen LogP contribution in [0.2, 0.25) is 0 Å². The van der Waals surface area contributed by atoms with Gasteiger partial charge in [-0.3, -0.25) is 19.7 Å². The van der Waals surface area contributed by atoms with E-state index in [-0.39, 0.29) is 29.7 Å². The number of fused-ring (bicyclic) bond motifs is 1. The number of nitrogens with one attached hydrogen (secondary N) is 3. The number of carbonyl (C=O) groups excluding carboxylic acids is 3. The first-order valence-corrected chi connectivity index (χ1v) is 9.67. The van der Waals surface area contributed by atoms with Crippen LogP contribution in [-0.2, 0) is 22.7 Å². The molecule has 0 bridgehead atoms. The summed E-state index contributed by atoms with van der Waals surface area (Å²) >= 11 is 0. The molecule has 0 aromatic heterocycles. The Kier molecular flexibility index (Phi) is 4.74. The van der Waals surface area contributed by atoms with Gasteiger partial charge in [0.15, 0.2) is 0 Å². The predicted molar refractivity (Wildman–Crippen MR) is 99.8 cm³/mol. The third-order valence-electron chi connectivity index (χ3n) is 6.00. The third-order valence-corrected chi connectivity index (χ3v) is 6.00. The van der Waals surface area contributed by atoms with Crippen molar-refractivity contribution in [2.45, 2.75) is 57.3 Å². The third kappa shape index (κ3) is 3.61. The molecular formula is C20H26N4O3. The Balaban J connectivity index is 1.36. The van der Waals surface area contributed by atoms with Gasteiger partial charge in [0, 0.05) is 30.6 Å². The molecular weight excluding hydrogens is 344 g/mol. The van der Waals surface area contributed by atoms with Gasteiger partial charge in [0.2, 0.25) is 11.8 Å². The number of benzene rings is 1. The van der Waals surface area contributed by atoms with Crippen molar-refractivity contribution in [2.24, 2.45) is 0 Å². The lowest BCUT2D eigenvalue weighted by atomic mass is 9.87. The lowest BCUT2D eigenvalue weighted by Crippen LogP contribution is -2.55. The fraction of sp³-hybridized carbons (Fsp3) is 0.550. The highest BCUT2D eigenvalue weighted by Crippen LogP contribution is 2.28. The average Bonchev–Trinajstić information content (AvgIpc) is 2.93. The second-order valence-electron chi connectivity index (χ2n) is 8.06. The van der Waals surface area contributed by atoms with Gasteiger partial charge in [0.1, 0.15) is 6.04 Å². The van der Waals surface area contributed by atoms with Crippen molar-refractivity contribution in [3.8, 4) is 0 Å². The van der Waals surface area contributed by atoms with Crippen molar-refractivity contribution in [1.29, 1.82) is 0 Å². The minimum absolute atomic E-state index is 0.118. The SMILES string of the molecule is CC1(CCNCc2ccc3c(c2)C(=O)N(C2CCC(=O)NC2=O)C3)CCN1. The van der Waals surface area contributed by atoms with E-state index in [2.05, 4.69) is 22.9 Å². The van der Waals surface area contributed by atoms with E-state index < -0.39 is 6.04 Å². The van der Waals surface area contributed by atoms with Crippen LogP contribution in [-0.4, -0.2) is 47.3 Å². The number of hydrogen-bond acceptors (Lipinski definition) is 5. The molecule has 0 saturated carbocycles. The molecule has 0 spiro atoms. The Bertz CT molecular complexity index is 787. The molecule has 7 heteroatoms. The monoisotopic (exact) mass is 370 g/mol. The fourth-order valence-electron chi connectivity index (χ4n) is 4.07. The summed E-state index contributed by atoms with van der Waals surface area (Å²) in [4.78, 5) is 37.8. The van der Waals surface area contributed by atoms with Crippen LogP contribution in [0.5, 0.6) is 0 Å². The van der Waals surface area contributed by atoms with Crippen LogP contribution in [0.25, 0.3) is 0 Å². The van der Waals surface area contributed by atoms with E-state index in [9.17, 15) is 14.4 Å². The molecule has 2 atom stereocenters. The van der Waals surface area contributed by atoms with Gasteiger partial charge >= 0.3 is 0 Å². The maximum Gasteiger partial charge on any atom is 0.255 e. The predicted octanol–water partition coefficient (Wildman–Crippen LogP) is 0.679. The first-order valence-electron chi connectivity index (χ1n) is 9.67. The molecule has 3 heterocycles. The van der Waals surface area contributed by atoms with E-state index in [1.165, 1.54) is 6.42 Å². The molecule has 1 aromatic carbocycles. The molecule has 0 aliphatic carbocycles. The summed E-state index contributed by atoms with van der Waals surface area (Å²) in [6, 6.07) is 5.39. The molecule has 1 aromatic rings. The number of hydrogen-bond donors (Lipinski definition) is 3. The summed E-state index contributed by atoms with van der Waals surface area (Å²) in [5, 5.41) is 9.24. The van der Waals surface area contributed by atoms with Crippen molar-refractivity contribution >= 4 is 17.7 Å². The van der Waals surface area contributed by atoms with Gasteiger partial charge in [-0.2, -0.15) is 0 Å². The number of amides is 3. The molecule has 2 unspecified atom stereocenters. The van der Waals surface area contributed by atoms with Crippen LogP contribution in [0.15, 0.2) is 18.2 Å². The Hall–Kier alpha value is -2.25. The van der Waals surface area contributed by atoms with Crippen molar-refractivity contribution in [1.82, 2.24) is 20.9 Å². The Labute approximate surface area is 158 Å². The van der Waals surface area contributed by atoms with Crippen molar-refractivity contribution in [3.05, 3.63) is 34.9 Å². The molecule has 144 valence electrons. The summed E-state index contributed by atoms with van der Waals surface area (Å²) in [7, 11) is 0. The van der Waals surface area contributed by atoms with Gasteiger partial charge in [0.25, 0.3) is 5.91 Å². The quantitative estimate of drug-likeness (QED) is 0.506. The molecule has 2 saturated heterocycles. The van der Waals surface area contributed by atoms with Gasteiger partial charge in [-0.1, -0.05) is 12.1 Å². The Morgan fingerprint density at radius 1 is 1.30 bits per heavy atom. The molecule has 4 rings (SSSR count). The normalized spacial score (nSPS) is 27.4. The molecule has 7 nitrogen and oxygen atoms in total. The molecule has 3 aliphatic rings. The number of rotatable bonds is 6. The zero-order chi connectivity index (χ0) is 19.0. The second-order valence-corrected chi connectivity index (χ2v) is 8.06. The summed E-state index contributed by atoms with van der Waals surface area (Å²) in [6.45, 7) is 5.42. The molecule has 3 N–H and O–H groups in total. The fourth-order valence-corrected chi connectivity index (χ4v) is 4.07. The Morgan fingerprint density at radius 2 is 2.11 bits per heavy atom. The highest BCUT2D eigenvalue weighted by molar-refractivity contribution is 6.05. The van der Waals surface area contributed by atoms with Crippen molar-refractivity contribution < 1.29 is 14.4 Å². The molecule has 3 amide bonds. The van der Waals surface area contributed by atoms with E-state index in [1.54, 1.807) is 4.90 Å². The smallest absolute Gasteiger partial charge is 0.255 e. The highest BCUT2D eigenvalue weighted by atomic mass is 16.2. The van der Waals surface area contributed by atoms with Crippen molar-refractivity contribution in [2.75, 3.05) is 13.1 Å². The standard InChI is InChI=1S/C20H26N4O3/c1-20(7-9-22-20)6-8-21-11-13-2-3-14-12-24(19(27)15(14)10-13)16-4-5-17(25)23-18(16)26/h2-3,10,16,21-22H,4-9,11-12H2,1H3,(H,23,25,26). The van der Waals surface area contributed by atoms with Crippen LogP contribution in [0.4, 0.5) is 0 Å². The van der Waals surface area contributed by atoms with Gasteiger partial charge in [0.05, 0.1) is 0 Å². The highest BCUT2D eigenvalue weighted by Gasteiger charge is 2.39. The molecule has 3 aliphatic heterocycles. The van der Waals surface area contributed by atoms with E-state index in [1.807, 2.05) is 18.2 Å². The number of piperidine rings is 1. The van der Waals surface area contributed by atoms with E-state index in [4.69, 9.17) is 0 Å². The summed E-state index contributed by atoms with van der Waals surface area (Å²) in [5.74, 6) is -0.750. The molecule has 0 radical (unpaired) electrons. The summed E-state index contributed by atoms with van der Waals surface area (Å²) in [5.41, 5.74) is 2.95. The van der Waals surface area contributed by atoms with Crippen molar-refractivity contribution in [3.63, 3.8) is 0 Å². The minimum atomic E-state index is -0.556. The molecule has 2 fully saturated rings. The minimum Gasteiger partial charge on any atom is -0.322 e. The largest absolute Gasteiger partial charge is 0.322 e. The van der Waals surface area contributed by atoms with E-state index in [0.717, 1.165) is 37.2 Å². The second kappa shape index (κ2) is 7.05. The summed E-state index contributed by atoms with van der Waals surface area (Å²) < 4.78 is 0. The first kappa shape index (κ1) is 18.1. The van der Waals surface area contributed by atoms with Crippen LogP contribution in [0.3, 0.4) is 0 Å². The maximum atomic E-state index is 12.8. The lowest BCUT2D eigenvalue weighted by molar-refractivity contribution is -0.136. The van der Waals surface area contributed by atoms with E-state index >= 15 is 0 Å². The van der Waals surface area contributed by atoms with Crippen LogP contribution >= 0.6 is 0 Å². The van der Waals surface area contributed by atoms with Gasteiger partial charge < -0.3 is 15.5 Å². The topological polar surface area (TPSA) is 90.5 Å². The van der Waals surface area contributed by atoms with Gasteiger partial charge in [-0.05, 0) is 56.5 Å². The summed E-state index contributed by atoms with van der Waals surface area (Å²) in [6.07, 6.45) is 2.98. The number of nitrogens with zero attached hydrogens (tertiary/aromatic N) is 1. The zero-order valence-corrected chi connectivity index (χ0v) is 15.6. The Morgan fingerprint density at radius 3 is 2.81 bits per heavy atom. The number of imide groups is 1. The average molecular weight is 370 g/mol. The van der Waals surface area contributed by atoms with Gasteiger partial charge in [-0.15, -0.1) is 0 Å². The zero-order valence-electron chi connectivity index (χ0n) is 15.6. The maximum absolute atomic E-state index is 12.8. The van der Waals surface area contributed by atoms with Crippen LogP contribution in [0.1, 0.15) is 54.1 Å². The first-order chi connectivity index (χ1) is 13.0. The number of carbonyl (C=O) groups is 3. The van der Waals surface area contributed by atoms with Crippen LogP contribution in [0, 0.1) is 0 Å². The van der Waals surface area contributed by atoms with Crippen LogP contribution < -0.4 is 16.0 Å². The molecule has 27 heavy (non-hydrogen) atoms. The van der Waals surface area contributed by atoms with E-state index in [0.29, 0.717) is 18.5 Å². The van der Waals surface area contributed by atoms with Gasteiger partial charge in [-0.25, -0.2) is 0 Å².